The molecule has 0 bridgehead atoms. The van der Waals surface area contributed by atoms with E-state index in [0.29, 0.717) is 5.04 Å². The molecule has 1 aromatic rings. The van der Waals surface area contributed by atoms with Crippen molar-refractivity contribution in [2.75, 3.05) is 25.4 Å². The van der Waals surface area contributed by atoms with Gasteiger partial charge in [-0.2, -0.15) is 0 Å². The zero-order valence-corrected chi connectivity index (χ0v) is 12.5. The topological polar surface area (TPSA) is 74.8 Å². The highest BCUT2D eigenvalue weighted by Gasteiger charge is 2.00. The Morgan fingerprint density at radius 3 is 2.78 bits per heavy atom. The number of halogens is 2. The summed E-state index contributed by atoms with van der Waals surface area (Å²) in [4.78, 5) is 3.99. The van der Waals surface area contributed by atoms with Crippen LogP contribution in [0.4, 0.5) is 0 Å². The molecule has 0 spiro atoms. The maximum atomic E-state index is 7.82. The molecule has 0 aromatic carbocycles. The first-order valence-electron chi connectivity index (χ1n) is 5.37. The number of hydrogen-bond acceptors (Lipinski definition) is 5. The van der Waals surface area contributed by atoms with Crippen LogP contribution in [0, 0.1) is 5.41 Å². The molecule has 1 aromatic heterocycles. The van der Waals surface area contributed by atoms with E-state index in [1.807, 2.05) is 12.1 Å². The molecule has 0 radical (unpaired) electrons. The number of rotatable bonds is 7. The van der Waals surface area contributed by atoms with Crippen LogP contribution in [0.15, 0.2) is 24.5 Å². The smallest absolute Gasteiger partial charge is 0.0958 e. The van der Waals surface area contributed by atoms with Crippen LogP contribution >= 0.6 is 36.6 Å². The van der Waals surface area contributed by atoms with Crippen LogP contribution in [0.1, 0.15) is 12.0 Å². The van der Waals surface area contributed by atoms with Crippen LogP contribution < -0.4 is 11.1 Å². The minimum atomic E-state index is 0. The first-order chi connectivity index (χ1) is 7.84. The summed E-state index contributed by atoms with van der Waals surface area (Å²) in [5.74, 6) is 0.901. The highest BCUT2D eigenvalue weighted by Crippen LogP contribution is 2.09. The van der Waals surface area contributed by atoms with Crippen molar-refractivity contribution in [2.24, 2.45) is 5.73 Å². The van der Waals surface area contributed by atoms with E-state index in [1.165, 1.54) is 11.8 Å². The quantitative estimate of drug-likeness (QED) is 0.408. The summed E-state index contributed by atoms with van der Waals surface area (Å²) >= 11 is 1.54. The number of nitrogens with zero attached hydrogens (tertiary/aromatic N) is 1. The van der Waals surface area contributed by atoms with Gasteiger partial charge in [-0.3, -0.25) is 10.4 Å². The fraction of sp³-hybridized carbons (Fsp3) is 0.455. The van der Waals surface area contributed by atoms with Gasteiger partial charge in [0.1, 0.15) is 0 Å². The summed E-state index contributed by atoms with van der Waals surface area (Å²) < 4.78 is 0. The number of nitrogens with one attached hydrogen (secondary N) is 2. The third kappa shape index (κ3) is 8.72. The Balaban J connectivity index is 0. The number of thioether (sulfide) groups is 1. The van der Waals surface area contributed by atoms with Crippen molar-refractivity contribution in [1.82, 2.24) is 10.3 Å². The van der Waals surface area contributed by atoms with Gasteiger partial charge in [0.2, 0.25) is 0 Å². The minimum absolute atomic E-state index is 0. The fourth-order valence-electron chi connectivity index (χ4n) is 1.16. The SMILES string of the molecule is Cl.Cl.N=C(SCCNCCCN)c1cccnc1. The maximum Gasteiger partial charge on any atom is 0.0958 e. The van der Waals surface area contributed by atoms with Crippen molar-refractivity contribution in [3.05, 3.63) is 30.1 Å². The van der Waals surface area contributed by atoms with Crippen LogP contribution in [-0.4, -0.2) is 35.4 Å². The molecule has 0 atom stereocenters. The molecule has 0 aliphatic rings. The molecule has 0 aliphatic heterocycles. The van der Waals surface area contributed by atoms with Gasteiger partial charge in [0.05, 0.1) is 5.04 Å². The van der Waals surface area contributed by atoms with Crippen LogP contribution in [0.25, 0.3) is 0 Å². The van der Waals surface area contributed by atoms with Gasteiger partial charge < -0.3 is 11.1 Å². The van der Waals surface area contributed by atoms with Crippen molar-refractivity contribution in [2.45, 2.75) is 6.42 Å². The lowest BCUT2D eigenvalue weighted by Crippen LogP contribution is -2.21. The van der Waals surface area contributed by atoms with Gasteiger partial charge in [0.15, 0.2) is 0 Å². The number of hydrogen-bond donors (Lipinski definition) is 3. The van der Waals surface area contributed by atoms with E-state index in [4.69, 9.17) is 11.1 Å². The molecule has 0 saturated heterocycles. The van der Waals surface area contributed by atoms with E-state index in [2.05, 4.69) is 10.3 Å². The van der Waals surface area contributed by atoms with Crippen LogP contribution in [0.5, 0.6) is 0 Å². The molecule has 4 N–H and O–H groups in total. The van der Waals surface area contributed by atoms with Crippen LogP contribution in [-0.2, 0) is 0 Å². The largest absolute Gasteiger partial charge is 0.330 e. The summed E-state index contributed by atoms with van der Waals surface area (Å²) in [6.45, 7) is 2.59. The van der Waals surface area contributed by atoms with Crippen LogP contribution in [0.2, 0.25) is 0 Å². The zero-order valence-electron chi connectivity index (χ0n) is 10.1. The molecule has 104 valence electrons. The Morgan fingerprint density at radius 2 is 2.17 bits per heavy atom. The Labute approximate surface area is 125 Å². The average molecular weight is 311 g/mol. The second-order valence-corrected chi connectivity index (χ2v) is 4.42. The third-order valence-corrected chi connectivity index (χ3v) is 2.94. The molecule has 4 nitrogen and oxygen atoms in total. The second-order valence-electron chi connectivity index (χ2n) is 3.31. The molecule has 0 unspecified atom stereocenters. The van der Waals surface area contributed by atoms with E-state index in [1.54, 1.807) is 12.4 Å². The minimum Gasteiger partial charge on any atom is -0.330 e. The van der Waals surface area contributed by atoms with E-state index in [9.17, 15) is 0 Å². The van der Waals surface area contributed by atoms with Crippen molar-refractivity contribution >= 4 is 41.6 Å². The number of nitrogens with two attached hydrogens (primary N) is 1. The summed E-state index contributed by atoms with van der Waals surface area (Å²) in [5, 5.41) is 11.7. The molecule has 0 aliphatic carbocycles. The summed E-state index contributed by atoms with van der Waals surface area (Å²) in [6.07, 6.45) is 4.44. The van der Waals surface area contributed by atoms with Crippen LogP contribution in [0.3, 0.4) is 0 Å². The Kier molecular flexibility index (Phi) is 14.6. The average Bonchev–Trinajstić information content (AvgIpc) is 2.34. The molecule has 18 heavy (non-hydrogen) atoms. The van der Waals surface area contributed by atoms with E-state index >= 15 is 0 Å². The highest BCUT2D eigenvalue weighted by atomic mass is 35.5. The number of aromatic nitrogens is 1. The first kappa shape index (κ1) is 20.0. The van der Waals surface area contributed by atoms with Gasteiger partial charge in [0.25, 0.3) is 0 Å². The van der Waals surface area contributed by atoms with Gasteiger partial charge in [-0.1, -0.05) is 0 Å². The normalized spacial score (nSPS) is 9.17. The predicted octanol–water partition coefficient (Wildman–Crippen LogP) is 1.92. The summed E-state index contributed by atoms with van der Waals surface area (Å²) in [7, 11) is 0. The standard InChI is InChI=1S/C11H18N4S.2ClH/c12-4-2-6-14-7-8-16-11(13)10-3-1-5-15-9-10;;/h1,3,5,9,13-14H,2,4,6-8,12H2;2*1H. The fourth-order valence-corrected chi connectivity index (χ4v) is 1.90. The lowest BCUT2D eigenvalue weighted by atomic mass is 10.3. The Bertz CT molecular complexity index is 311. The Hall–Kier alpha value is -0.330. The van der Waals surface area contributed by atoms with Gasteiger partial charge in [0, 0.05) is 30.3 Å². The molecule has 1 rings (SSSR count). The molecule has 7 heteroatoms. The predicted molar refractivity (Wildman–Crippen MR) is 84.6 cm³/mol. The second kappa shape index (κ2) is 13.1. The summed E-state index contributed by atoms with van der Waals surface area (Å²) in [6, 6.07) is 3.76. The lowest BCUT2D eigenvalue weighted by molar-refractivity contribution is 0.683. The van der Waals surface area contributed by atoms with Gasteiger partial charge in [-0.25, -0.2) is 0 Å². The summed E-state index contributed by atoms with van der Waals surface area (Å²) in [5.41, 5.74) is 6.26. The zero-order chi connectivity index (χ0) is 11.6. The molecule has 0 fully saturated rings. The highest BCUT2D eigenvalue weighted by molar-refractivity contribution is 8.14. The molecule has 0 amide bonds. The van der Waals surface area contributed by atoms with Crippen molar-refractivity contribution < 1.29 is 0 Å². The third-order valence-electron chi connectivity index (χ3n) is 2.01. The monoisotopic (exact) mass is 310 g/mol. The van der Waals surface area contributed by atoms with Gasteiger partial charge >= 0.3 is 0 Å². The van der Waals surface area contributed by atoms with Gasteiger partial charge in [-0.05, 0) is 31.6 Å². The van der Waals surface area contributed by atoms with E-state index in [0.717, 1.165) is 37.4 Å². The molecule has 0 saturated carbocycles. The first-order valence-corrected chi connectivity index (χ1v) is 6.35. The lowest BCUT2D eigenvalue weighted by Gasteiger charge is -2.04. The van der Waals surface area contributed by atoms with Crippen molar-refractivity contribution in [3.8, 4) is 0 Å². The van der Waals surface area contributed by atoms with Crippen molar-refractivity contribution in [1.29, 1.82) is 5.41 Å². The number of pyridine rings is 1. The molecular formula is C11H20Cl2N4S. The maximum absolute atomic E-state index is 7.82. The molecule has 1 heterocycles. The van der Waals surface area contributed by atoms with Crippen molar-refractivity contribution in [3.63, 3.8) is 0 Å². The van der Waals surface area contributed by atoms with E-state index < -0.39 is 0 Å². The molecular weight excluding hydrogens is 291 g/mol. The van der Waals surface area contributed by atoms with E-state index in [-0.39, 0.29) is 24.8 Å². The van der Waals surface area contributed by atoms with Gasteiger partial charge in [-0.15, -0.1) is 36.6 Å². The Morgan fingerprint density at radius 1 is 1.39 bits per heavy atom.